The van der Waals surface area contributed by atoms with Gasteiger partial charge in [-0.25, -0.2) is 0 Å². The van der Waals surface area contributed by atoms with E-state index < -0.39 is 5.69 Å². The van der Waals surface area contributed by atoms with Crippen LogP contribution in [-0.4, -0.2) is 25.7 Å². The summed E-state index contributed by atoms with van der Waals surface area (Å²) in [6, 6.07) is 0. The van der Waals surface area contributed by atoms with Gasteiger partial charge in [-0.05, 0) is 22.8 Å². The second-order valence-corrected chi connectivity index (χ2v) is 9.23. The topological polar surface area (TPSA) is 18.5 Å². The highest BCUT2D eigenvalue weighted by Crippen LogP contribution is 2.59. The molecule has 0 saturated carbocycles. The Morgan fingerprint density at radius 3 is 2.46 bits per heavy atom. The summed E-state index contributed by atoms with van der Waals surface area (Å²) in [5.41, 5.74) is -2.16. The van der Waals surface area contributed by atoms with Crippen LogP contribution in [0, 0.1) is 11.2 Å². The Morgan fingerprint density at radius 1 is 1.38 bits per heavy atom. The molecule has 0 fully saturated rings. The molecule has 13 heavy (non-hydrogen) atoms. The van der Waals surface area contributed by atoms with Crippen LogP contribution in [0.25, 0.3) is 0 Å². The molecule has 0 aromatic carbocycles. The van der Waals surface area contributed by atoms with Gasteiger partial charge in [-0.1, -0.05) is 12.8 Å². The largest absolute Gasteiger partial charge is 0.324 e. The quantitative estimate of drug-likeness (QED) is 0.426. The summed E-state index contributed by atoms with van der Waals surface area (Å²) in [6.07, 6.45) is 0. The van der Waals surface area contributed by atoms with E-state index in [9.17, 15) is 0 Å². The van der Waals surface area contributed by atoms with Crippen LogP contribution in [0.5, 0.6) is 0 Å². The predicted molar refractivity (Wildman–Crippen MR) is 66.7 cm³/mol. The first-order valence-corrected chi connectivity index (χ1v) is 8.85. The molecule has 0 unspecified atom stereocenters. The van der Waals surface area contributed by atoms with E-state index in [4.69, 9.17) is 20.9 Å². The molecule has 2 nitrogen and oxygen atoms in total. The van der Waals surface area contributed by atoms with Crippen LogP contribution in [0.4, 0.5) is 0 Å². The molecule has 0 bridgehead atoms. The smallest absolute Gasteiger partial charge is 0.259 e. The lowest BCUT2D eigenvalue weighted by Gasteiger charge is -2.11. The number of rotatable bonds is 5. The van der Waals surface area contributed by atoms with E-state index >= 15 is 0 Å². The normalized spacial score (nSPS) is 10.7. The third-order valence-corrected chi connectivity index (χ3v) is 6.57. The predicted octanol–water partition coefficient (Wildman–Crippen LogP) is 2.95. The van der Waals surface area contributed by atoms with Crippen molar-refractivity contribution in [3.05, 3.63) is 0 Å². The van der Waals surface area contributed by atoms with Gasteiger partial charge in [-0.15, -0.1) is 11.8 Å². The Bertz CT molecular complexity index is 226. The summed E-state index contributed by atoms with van der Waals surface area (Å²) in [5.74, 6) is 4.91. The fourth-order valence-electron chi connectivity index (χ4n) is 0.420. The van der Waals surface area contributed by atoms with Gasteiger partial charge < -0.3 is 9.05 Å². The third-order valence-electron chi connectivity index (χ3n) is 1.06. The molecular formula is C7H13O2PS3. The Kier molecular flexibility index (Phi) is 8.69. The van der Waals surface area contributed by atoms with E-state index in [1.54, 1.807) is 26.0 Å². The molecule has 0 rings (SSSR count). The van der Waals surface area contributed by atoms with Gasteiger partial charge in [0.25, 0.3) is 5.69 Å². The lowest BCUT2D eigenvalue weighted by Crippen LogP contribution is -1.80. The van der Waals surface area contributed by atoms with Crippen LogP contribution in [0.1, 0.15) is 6.92 Å². The minimum Gasteiger partial charge on any atom is -0.324 e. The summed E-state index contributed by atoms with van der Waals surface area (Å²) in [4.78, 5) is 0. The summed E-state index contributed by atoms with van der Waals surface area (Å²) in [7, 11) is 3.11. The Morgan fingerprint density at radius 2 is 2.00 bits per heavy atom. The van der Waals surface area contributed by atoms with Gasteiger partial charge in [-0.2, -0.15) is 0 Å². The number of hydrogen-bond acceptors (Lipinski definition) is 5. The zero-order valence-electron chi connectivity index (χ0n) is 7.90. The fourth-order valence-corrected chi connectivity index (χ4v) is 2.75. The van der Waals surface area contributed by atoms with Crippen molar-refractivity contribution in [1.29, 1.82) is 0 Å². The maximum Gasteiger partial charge on any atom is 0.259 e. The van der Waals surface area contributed by atoms with Gasteiger partial charge in [-0.3, -0.25) is 0 Å². The molecule has 0 spiro atoms. The zero-order valence-corrected chi connectivity index (χ0v) is 11.2. The minimum absolute atomic E-state index is 0.840. The summed E-state index contributed by atoms with van der Waals surface area (Å²) in [6.45, 7) is 2.11. The molecule has 6 heteroatoms. The van der Waals surface area contributed by atoms with Crippen molar-refractivity contribution >= 4 is 40.6 Å². The van der Waals surface area contributed by atoms with E-state index in [1.165, 1.54) is 11.4 Å². The van der Waals surface area contributed by atoms with Crippen molar-refractivity contribution in [2.45, 2.75) is 6.92 Å². The number of thioether (sulfide) groups is 1. The second-order valence-electron chi connectivity index (χ2n) is 1.82. The molecule has 0 atom stereocenters. The van der Waals surface area contributed by atoms with Crippen molar-refractivity contribution < 1.29 is 9.05 Å². The zero-order chi connectivity index (χ0) is 10.2. The molecule has 0 aliphatic carbocycles. The van der Waals surface area contributed by atoms with Crippen LogP contribution >= 0.6 is 28.8 Å². The average Bonchev–Trinajstić information content (AvgIpc) is 2.17. The van der Waals surface area contributed by atoms with E-state index in [0.717, 1.165) is 11.5 Å². The molecule has 0 aromatic rings. The maximum atomic E-state index is 5.10. The van der Waals surface area contributed by atoms with Crippen LogP contribution < -0.4 is 0 Å². The lowest BCUT2D eigenvalue weighted by atomic mass is 10.8. The monoisotopic (exact) mass is 256 g/mol. The molecule has 0 saturated heterocycles. The third kappa shape index (κ3) is 6.84. The van der Waals surface area contributed by atoms with Gasteiger partial charge in [0.1, 0.15) is 0 Å². The molecule has 0 heterocycles. The molecule has 76 valence electrons. The van der Waals surface area contributed by atoms with Crippen molar-refractivity contribution in [2.75, 3.05) is 25.7 Å². The maximum absolute atomic E-state index is 5.10. The van der Waals surface area contributed by atoms with Crippen molar-refractivity contribution in [2.24, 2.45) is 0 Å². The molecule has 0 aliphatic heterocycles. The molecule has 0 aromatic heterocycles. The summed E-state index contributed by atoms with van der Waals surface area (Å²) in [5, 5.41) is 2.90. The van der Waals surface area contributed by atoms with Gasteiger partial charge >= 0.3 is 0 Å². The molecule has 0 N–H and O–H groups in total. The minimum atomic E-state index is -2.16. The first kappa shape index (κ1) is 13.8. The molecule has 0 aliphatic rings. The van der Waals surface area contributed by atoms with E-state index in [2.05, 4.69) is 18.1 Å². The SMILES string of the molecule is CCSCC#CSP(=S)(OC)OC. The average molecular weight is 256 g/mol. The fraction of sp³-hybridized carbons (Fsp3) is 0.714. The standard InChI is InChI=1S/C7H13O2PS3/c1-4-12-6-5-7-13-10(11,8-2)9-3/h4,6H2,1-3H3. The van der Waals surface area contributed by atoms with Gasteiger partial charge in [0.15, 0.2) is 0 Å². The van der Waals surface area contributed by atoms with E-state index in [1.807, 2.05) is 0 Å². The van der Waals surface area contributed by atoms with Crippen LogP contribution in [0.15, 0.2) is 0 Å². The van der Waals surface area contributed by atoms with Crippen molar-refractivity contribution in [3.8, 4) is 11.2 Å². The lowest BCUT2D eigenvalue weighted by molar-refractivity contribution is 0.354. The van der Waals surface area contributed by atoms with Crippen molar-refractivity contribution in [1.82, 2.24) is 0 Å². The Labute approximate surface area is 93.4 Å². The van der Waals surface area contributed by atoms with Crippen LogP contribution in [0.3, 0.4) is 0 Å². The van der Waals surface area contributed by atoms with Crippen LogP contribution in [-0.2, 0) is 20.9 Å². The number of hydrogen-bond donors (Lipinski definition) is 0. The van der Waals surface area contributed by atoms with E-state index in [0.29, 0.717) is 0 Å². The molecule has 0 amide bonds. The van der Waals surface area contributed by atoms with E-state index in [-0.39, 0.29) is 0 Å². The summed E-state index contributed by atoms with van der Waals surface area (Å²) < 4.78 is 10.1. The first-order chi connectivity index (χ1) is 6.18. The van der Waals surface area contributed by atoms with Crippen molar-refractivity contribution in [3.63, 3.8) is 0 Å². The second kappa shape index (κ2) is 8.16. The first-order valence-electron chi connectivity index (χ1n) is 3.64. The Balaban J connectivity index is 3.82. The Hall–Kier alpha value is 0.830. The van der Waals surface area contributed by atoms with Gasteiger partial charge in [0, 0.05) is 25.6 Å². The highest BCUT2D eigenvalue weighted by atomic mass is 32.9. The molecular weight excluding hydrogens is 243 g/mol. The molecule has 0 radical (unpaired) electrons. The van der Waals surface area contributed by atoms with Crippen LogP contribution in [0.2, 0.25) is 0 Å². The highest BCUT2D eigenvalue weighted by molar-refractivity contribution is 8.69. The van der Waals surface area contributed by atoms with Gasteiger partial charge in [0.05, 0.1) is 5.75 Å². The summed E-state index contributed by atoms with van der Waals surface area (Å²) >= 11 is 8.17. The van der Waals surface area contributed by atoms with Gasteiger partial charge in [0.2, 0.25) is 0 Å². The highest BCUT2D eigenvalue weighted by Gasteiger charge is 2.13.